The van der Waals surface area contributed by atoms with Crippen LogP contribution >= 0.6 is 15.9 Å². The van der Waals surface area contributed by atoms with E-state index < -0.39 is 0 Å². The van der Waals surface area contributed by atoms with Crippen molar-refractivity contribution in [2.45, 2.75) is 13.5 Å². The van der Waals surface area contributed by atoms with Gasteiger partial charge in [0.05, 0.1) is 0 Å². The van der Waals surface area contributed by atoms with Crippen molar-refractivity contribution in [3.05, 3.63) is 58.2 Å². The predicted octanol–water partition coefficient (Wildman–Crippen LogP) is 3.73. The van der Waals surface area contributed by atoms with Gasteiger partial charge < -0.3 is 4.74 Å². The van der Waals surface area contributed by atoms with Gasteiger partial charge in [0.1, 0.15) is 6.61 Å². The van der Waals surface area contributed by atoms with Crippen molar-refractivity contribution < 1.29 is 4.74 Å². The molecule has 0 saturated heterocycles. The first-order valence-electron chi connectivity index (χ1n) is 5.04. The van der Waals surface area contributed by atoms with Crippen LogP contribution < -0.4 is 4.74 Å². The minimum absolute atomic E-state index is 0.552. The topological polar surface area (TPSA) is 22.1 Å². The fraction of sp³-hybridized carbons (Fsp3) is 0.154. The summed E-state index contributed by atoms with van der Waals surface area (Å²) in [4.78, 5) is 4.15. The van der Waals surface area contributed by atoms with Gasteiger partial charge in [-0.2, -0.15) is 0 Å². The van der Waals surface area contributed by atoms with Crippen molar-refractivity contribution in [1.82, 2.24) is 4.98 Å². The molecule has 1 heterocycles. The van der Waals surface area contributed by atoms with Gasteiger partial charge in [0.25, 0.3) is 0 Å². The van der Waals surface area contributed by atoms with Crippen LogP contribution in [-0.4, -0.2) is 4.98 Å². The molecule has 2 rings (SSSR count). The van der Waals surface area contributed by atoms with Crippen molar-refractivity contribution in [3.8, 4) is 5.88 Å². The Morgan fingerprint density at radius 3 is 2.81 bits per heavy atom. The van der Waals surface area contributed by atoms with E-state index in [1.807, 2.05) is 24.3 Å². The van der Waals surface area contributed by atoms with Crippen LogP contribution in [0, 0.1) is 6.92 Å². The second kappa shape index (κ2) is 5.12. The molecule has 0 aliphatic carbocycles. The molecule has 0 spiro atoms. The normalized spacial score (nSPS) is 10.1. The highest BCUT2D eigenvalue weighted by molar-refractivity contribution is 9.10. The Bertz CT molecular complexity index is 468. The van der Waals surface area contributed by atoms with Crippen molar-refractivity contribution >= 4 is 15.9 Å². The number of rotatable bonds is 3. The largest absolute Gasteiger partial charge is 0.473 e. The molecular formula is C13H12BrNO. The van der Waals surface area contributed by atoms with Gasteiger partial charge in [-0.05, 0) is 34.5 Å². The van der Waals surface area contributed by atoms with Gasteiger partial charge >= 0.3 is 0 Å². The molecule has 0 aliphatic heterocycles. The van der Waals surface area contributed by atoms with E-state index in [2.05, 4.69) is 40.0 Å². The molecule has 0 amide bonds. The number of aromatic nitrogens is 1. The summed E-state index contributed by atoms with van der Waals surface area (Å²) >= 11 is 3.33. The van der Waals surface area contributed by atoms with E-state index >= 15 is 0 Å². The molecule has 2 aromatic rings. The van der Waals surface area contributed by atoms with Crippen LogP contribution in [0.4, 0.5) is 0 Å². The van der Waals surface area contributed by atoms with Crippen LogP contribution in [0.3, 0.4) is 0 Å². The van der Waals surface area contributed by atoms with Crippen LogP contribution in [0.15, 0.2) is 47.1 Å². The Labute approximate surface area is 103 Å². The Hall–Kier alpha value is -1.35. The van der Waals surface area contributed by atoms with E-state index in [9.17, 15) is 0 Å². The van der Waals surface area contributed by atoms with Crippen LogP contribution in [-0.2, 0) is 6.61 Å². The number of aryl methyl sites for hydroxylation is 1. The van der Waals surface area contributed by atoms with Crippen LogP contribution in [0.1, 0.15) is 11.1 Å². The molecule has 0 unspecified atom stereocenters. The molecule has 1 aromatic heterocycles. The number of benzene rings is 1. The van der Waals surface area contributed by atoms with Crippen molar-refractivity contribution in [1.29, 1.82) is 0 Å². The molecule has 0 radical (unpaired) electrons. The third-order valence-electron chi connectivity index (χ3n) is 2.17. The van der Waals surface area contributed by atoms with Gasteiger partial charge in [-0.1, -0.05) is 29.8 Å². The maximum Gasteiger partial charge on any atom is 0.213 e. The number of halogens is 1. The lowest BCUT2D eigenvalue weighted by Crippen LogP contribution is -1.97. The van der Waals surface area contributed by atoms with Crippen LogP contribution in [0.5, 0.6) is 5.88 Å². The number of hydrogen-bond donors (Lipinski definition) is 0. The molecule has 2 nitrogen and oxygen atoms in total. The first-order valence-corrected chi connectivity index (χ1v) is 5.83. The van der Waals surface area contributed by atoms with E-state index in [4.69, 9.17) is 4.74 Å². The molecule has 0 fully saturated rings. The first kappa shape index (κ1) is 11.1. The minimum atomic E-state index is 0.552. The quantitative estimate of drug-likeness (QED) is 0.853. The summed E-state index contributed by atoms with van der Waals surface area (Å²) in [5.41, 5.74) is 2.40. The highest BCUT2D eigenvalue weighted by atomic mass is 79.9. The van der Waals surface area contributed by atoms with Crippen LogP contribution in [0.25, 0.3) is 0 Å². The Kier molecular flexibility index (Phi) is 3.57. The summed E-state index contributed by atoms with van der Waals surface area (Å²) < 4.78 is 6.52. The molecule has 82 valence electrons. The second-order valence-electron chi connectivity index (χ2n) is 3.59. The standard InChI is InChI=1S/C13H12BrNO/c1-10-3-2-4-11(7-10)9-16-13-6-5-12(14)8-15-13/h2-8H,9H2,1H3. The molecule has 3 heteroatoms. The number of pyridine rings is 1. The Balaban J connectivity index is 1.99. The first-order chi connectivity index (χ1) is 7.74. The Morgan fingerprint density at radius 2 is 2.12 bits per heavy atom. The summed E-state index contributed by atoms with van der Waals surface area (Å²) in [6.45, 7) is 2.62. The van der Waals surface area contributed by atoms with Crippen molar-refractivity contribution in [2.24, 2.45) is 0 Å². The van der Waals surface area contributed by atoms with Gasteiger partial charge in [-0.3, -0.25) is 0 Å². The number of ether oxygens (including phenoxy) is 1. The minimum Gasteiger partial charge on any atom is -0.473 e. The van der Waals surface area contributed by atoms with E-state index in [0.29, 0.717) is 12.5 Å². The third kappa shape index (κ3) is 3.07. The third-order valence-corrected chi connectivity index (χ3v) is 2.64. The average Bonchev–Trinajstić information content (AvgIpc) is 2.28. The van der Waals surface area contributed by atoms with E-state index in [-0.39, 0.29) is 0 Å². The van der Waals surface area contributed by atoms with Gasteiger partial charge in [0, 0.05) is 16.7 Å². The second-order valence-corrected chi connectivity index (χ2v) is 4.51. The highest BCUT2D eigenvalue weighted by Crippen LogP contribution is 2.14. The maximum atomic E-state index is 5.57. The van der Waals surface area contributed by atoms with Crippen LogP contribution in [0.2, 0.25) is 0 Å². The number of hydrogen-bond acceptors (Lipinski definition) is 2. The van der Waals surface area contributed by atoms with E-state index in [1.54, 1.807) is 6.20 Å². The SMILES string of the molecule is Cc1cccc(COc2ccc(Br)cn2)c1. The van der Waals surface area contributed by atoms with Crippen molar-refractivity contribution in [3.63, 3.8) is 0 Å². The van der Waals surface area contributed by atoms with Gasteiger partial charge in [-0.15, -0.1) is 0 Å². The monoisotopic (exact) mass is 277 g/mol. The maximum absolute atomic E-state index is 5.57. The summed E-state index contributed by atoms with van der Waals surface area (Å²) in [6.07, 6.45) is 1.73. The fourth-order valence-electron chi connectivity index (χ4n) is 1.41. The number of nitrogens with zero attached hydrogens (tertiary/aromatic N) is 1. The zero-order chi connectivity index (χ0) is 11.4. The molecule has 16 heavy (non-hydrogen) atoms. The predicted molar refractivity (Wildman–Crippen MR) is 67.4 cm³/mol. The smallest absolute Gasteiger partial charge is 0.213 e. The molecular weight excluding hydrogens is 266 g/mol. The molecule has 0 bridgehead atoms. The summed E-state index contributed by atoms with van der Waals surface area (Å²) in [5, 5.41) is 0. The molecule has 0 saturated carbocycles. The average molecular weight is 278 g/mol. The molecule has 0 atom stereocenters. The van der Waals surface area contributed by atoms with E-state index in [1.165, 1.54) is 5.56 Å². The van der Waals surface area contributed by atoms with Gasteiger partial charge in [0.2, 0.25) is 5.88 Å². The zero-order valence-electron chi connectivity index (χ0n) is 8.98. The molecule has 0 aliphatic rings. The lowest BCUT2D eigenvalue weighted by molar-refractivity contribution is 0.294. The summed E-state index contributed by atoms with van der Waals surface area (Å²) in [7, 11) is 0. The fourth-order valence-corrected chi connectivity index (χ4v) is 1.64. The highest BCUT2D eigenvalue weighted by Gasteiger charge is 1.97. The van der Waals surface area contributed by atoms with Gasteiger partial charge in [0.15, 0.2) is 0 Å². The summed E-state index contributed by atoms with van der Waals surface area (Å²) in [6, 6.07) is 12.0. The lowest BCUT2D eigenvalue weighted by atomic mass is 10.1. The molecule has 1 aromatic carbocycles. The van der Waals surface area contributed by atoms with Gasteiger partial charge in [-0.25, -0.2) is 4.98 Å². The zero-order valence-corrected chi connectivity index (χ0v) is 10.6. The van der Waals surface area contributed by atoms with E-state index in [0.717, 1.165) is 10.0 Å². The Morgan fingerprint density at radius 1 is 1.25 bits per heavy atom. The van der Waals surface area contributed by atoms with Crippen molar-refractivity contribution in [2.75, 3.05) is 0 Å². The summed E-state index contributed by atoms with van der Waals surface area (Å²) in [5.74, 6) is 0.643. The lowest BCUT2D eigenvalue weighted by Gasteiger charge is -2.05. The molecule has 0 N–H and O–H groups in total.